The van der Waals surface area contributed by atoms with Crippen LogP contribution >= 0.6 is 11.3 Å². The van der Waals surface area contributed by atoms with E-state index in [4.69, 9.17) is 0 Å². The summed E-state index contributed by atoms with van der Waals surface area (Å²) >= 11 is 1.77. The first-order chi connectivity index (χ1) is 10.2. The number of hydrogen-bond acceptors (Lipinski definition) is 3. The van der Waals surface area contributed by atoms with Crippen LogP contribution in [0.1, 0.15) is 23.8 Å². The molecule has 0 unspecified atom stereocenters. The molecule has 114 valence electrons. The van der Waals surface area contributed by atoms with E-state index in [0.29, 0.717) is 0 Å². The average molecular weight is 306 g/mol. The minimum Gasteiger partial charge on any atom is -0.374 e. The fourth-order valence-corrected chi connectivity index (χ4v) is 2.93. The molecule has 2 aromatic rings. The highest BCUT2D eigenvalue weighted by Crippen LogP contribution is 2.19. The van der Waals surface area contributed by atoms with Gasteiger partial charge in [-0.25, -0.2) is 4.39 Å². The summed E-state index contributed by atoms with van der Waals surface area (Å²) in [6.07, 6.45) is 2.08. The molecule has 0 aliphatic heterocycles. The van der Waals surface area contributed by atoms with Crippen molar-refractivity contribution in [2.45, 2.75) is 26.3 Å². The second kappa shape index (κ2) is 8.15. The minimum atomic E-state index is -0.163. The lowest BCUT2D eigenvalue weighted by molar-refractivity contribution is 0.618. The normalized spacial score (nSPS) is 10.8. The number of nitrogens with zero attached hydrogens (tertiary/aromatic N) is 1. The van der Waals surface area contributed by atoms with Crippen molar-refractivity contribution in [1.82, 2.24) is 5.32 Å². The molecule has 0 radical (unpaired) electrons. The van der Waals surface area contributed by atoms with E-state index in [-0.39, 0.29) is 5.82 Å². The van der Waals surface area contributed by atoms with E-state index in [0.717, 1.165) is 43.7 Å². The van der Waals surface area contributed by atoms with E-state index in [2.05, 4.69) is 40.7 Å². The number of rotatable bonds is 8. The largest absolute Gasteiger partial charge is 0.374 e. The van der Waals surface area contributed by atoms with Crippen LogP contribution in [-0.4, -0.2) is 20.1 Å². The molecule has 0 spiro atoms. The molecule has 0 amide bonds. The summed E-state index contributed by atoms with van der Waals surface area (Å²) in [6.45, 7) is 4.70. The van der Waals surface area contributed by atoms with E-state index >= 15 is 0 Å². The van der Waals surface area contributed by atoms with Crippen molar-refractivity contribution < 1.29 is 4.39 Å². The maximum absolute atomic E-state index is 13.8. The van der Waals surface area contributed by atoms with Gasteiger partial charge in [0.05, 0.1) is 0 Å². The summed E-state index contributed by atoms with van der Waals surface area (Å²) in [5.41, 5.74) is 1.95. The smallest absolute Gasteiger partial charge is 0.125 e. The van der Waals surface area contributed by atoms with Gasteiger partial charge in [-0.15, -0.1) is 11.3 Å². The summed E-state index contributed by atoms with van der Waals surface area (Å²) in [5, 5.41) is 5.41. The van der Waals surface area contributed by atoms with Crippen molar-refractivity contribution in [3.63, 3.8) is 0 Å². The molecule has 2 rings (SSSR count). The van der Waals surface area contributed by atoms with E-state index in [1.54, 1.807) is 23.5 Å². The Kier molecular flexibility index (Phi) is 6.21. The average Bonchev–Trinajstić information content (AvgIpc) is 2.98. The zero-order valence-corrected chi connectivity index (χ0v) is 13.5. The number of benzene rings is 1. The van der Waals surface area contributed by atoms with Gasteiger partial charge < -0.3 is 10.2 Å². The van der Waals surface area contributed by atoms with Crippen molar-refractivity contribution in [3.8, 4) is 0 Å². The SMILES string of the molecule is CCCNCc1cc(F)cc(N(C)CCc2cccs2)c1. The third-order valence-corrected chi connectivity index (χ3v) is 4.35. The highest BCUT2D eigenvalue weighted by molar-refractivity contribution is 7.09. The van der Waals surface area contributed by atoms with Crippen LogP contribution in [-0.2, 0) is 13.0 Å². The summed E-state index contributed by atoms with van der Waals surface area (Å²) in [5.74, 6) is -0.163. The second-order valence-electron chi connectivity index (χ2n) is 5.25. The number of hydrogen-bond donors (Lipinski definition) is 1. The Balaban J connectivity index is 1.97. The van der Waals surface area contributed by atoms with Crippen LogP contribution < -0.4 is 10.2 Å². The Morgan fingerprint density at radius 2 is 2.14 bits per heavy atom. The van der Waals surface area contributed by atoms with Crippen LogP contribution in [0.4, 0.5) is 10.1 Å². The zero-order valence-electron chi connectivity index (χ0n) is 12.7. The number of anilines is 1. The van der Waals surface area contributed by atoms with Gasteiger partial charge in [0.15, 0.2) is 0 Å². The maximum Gasteiger partial charge on any atom is 0.125 e. The maximum atomic E-state index is 13.8. The molecule has 0 bridgehead atoms. The molecule has 0 saturated carbocycles. The topological polar surface area (TPSA) is 15.3 Å². The van der Waals surface area contributed by atoms with Crippen molar-refractivity contribution in [3.05, 3.63) is 52.0 Å². The highest BCUT2D eigenvalue weighted by Gasteiger charge is 2.06. The van der Waals surface area contributed by atoms with Crippen molar-refractivity contribution in [2.24, 2.45) is 0 Å². The van der Waals surface area contributed by atoms with Crippen LogP contribution in [0.25, 0.3) is 0 Å². The van der Waals surface area contributed by atoms with Crippen LogP contribution in [0.2, 0.25) is 0 Å². The van der Waals surface area contributed by atoms with E-state index in [1.807, 2.05) is 7.05 Å². The fourth-order valence-electron chi connectivity index (χ4n) is 2.23. The molecular weight excluding hydrogens is 283 g/mol. The number of likely N-dealkylation sites (N-methyl/N-ethyl adjacent to an activating group) is 1. The van der Waals surface area contributed by atoms with E-state index in [1.165, 1.54) is 4.88 Å². The van der Waals surface area contributed by atoms with Gasteiger partial charge in [0.25, 0.3) is 0 Å². The number of nitrogens with one attached hydrogen (secondary N) is 1. The molecule has 1 aromatic heterocycles. The molecule has 1 aromatic carbocycles. The van der Waals surface area contributed by atoms with Gasteiger partial charge in [-0.2, -0.15) is 0 Å². The molecular formula is C17H23FN2S. The van der Waals surface area contributed by atoms with E-state index in [9.17, 15) is 4.39 Å². The van der Waals surface area contributed by atoms with Gasteiger partial charge in [0, 0.05) is 30.7 Å². The summed E-state index contributed by atoms with van der Waals surface area (Å²) in [7, 11) is 2.02. The monoisotopic (exact) mass is 306 g/mol. The van der Waals surface area contributed by atoms with Gasteiger partial charge in [0.2, 0.25) is 0 Å². The highest BCUT2D eigenvalue weighted by atomic mass is 32.1. The lowest BCUT2D eigenvalue weighted by Gasteiger charge is -2.20. The molecule has 1 heterocycles. The van der Waals surface area contributed by atoms with Gasteiger partial charge in [-0.05, 0) is 54.6 Å². The molecule has 0 atom stereocenters. The first kappa shape index (κ1) is 16.0. The van der Waals surface area contributed by atoms with Gasteiger partial charge in [0.1, 0.15) is 5.82 Å². The Hall–Kier alpha value is -1.39. The predicted octanol–water partition coefficient (Wildman–Crippen LogP) is 4.07. The minimum absolute atomic E-state index is 0.163. The van der Waals surface area contributed by atoms with Crippen LogP contribution in [0, 0.1) is 5.82 Å². The van der Waals surface area contributed by atoms with Gasteiger partial charge in [-0.3, -0.25) is 0 Å². The Labute approximate surface area is 130 Å². The standard InChI is InChI=1S/C17H23FN2S/c1-3-7-19-13-14-10-15(18)12-16(11-14)20(2)8-6-17-5-4-9-21-17/h4-5,9-12,19H,3,6-8,13H2,1-2H3. The van der Waals surface area contributed by atoms with E-state index < -0.39 is 0 Å². The first-order valence-corrected chi connectivity index (χ1v) is 8.30. The lowest BCUT2D eigenvalue weighted by Crippen LogP contribution is -2.21. The van der Waals surface area contributed by atoms with Crippen molar-refractivity contribution in [1.29, 1.82) is 0 Å². The predicted molar refractivity (Wildman–Crippen MR) is 89.7 cm³/mol. The molecule has 0 fully saturated rings. The van der Waals surface area contributed by atoms with Crippen molar-refractivity contribution in [2.75, 3.05) is 25.0 Å². The summed E-state index contributed by atoms with van der Waals surface area (Å²) in [6, 6.07) is 9.50. The van der Waals surface area contributed by atoms with Crippen LogP contribution in [0.3, 0.4) is 0 Å². The van der Waals surface area contributed by atoms with Crippen molar-refractivity contribution >= 4 is 17.0 Å². The molecule has 4 heteroatoms. The molecule has 1 N–H and O–H groups in total. The van der Waals surface area contributed by atoms with Gasteiger partial charge >= 0.3 is 0 Å². The Bertz CT molecular complexity index is 540. The van der Waals surface area contributed by atoms with Crippen LogP contribution in [0.5, 0.6) is 0 Å². The third kappa shape index (κ3) is 5.14. The quantitative estimate of drug-likeness (QED) is 0.740. The first-order valence-electron chi connectivity index (χ1n) is 7.42. The molecule has 2 nitrogen and oxygen atoms in total. The molecule has 21 heavy (non-hydrogen) atoms. The van der Waals surface area contributed by atoms with Crippen LogP contribution in [0.15, 0.2) is 35.7 Å². The lowest BCUT2D eigenvalue weighted by atomic mass is 10.1. The Morgan fingerprint density at radius 1 is 1.29 bits per heavy atom. The summed E-state index contributed by atoms with van der Waals surface area (Å²) < 4.78 is 13.8. The van der Waals surface area contributed by atoms with Gasteiger partial charge in [-0.1, -0.05) is 13.0 Å². The third-order valence-electron chi connectivity index (χ3n) is 3.41. The number of halogens is 1. The molecule has 0 aliphatic carbocycles. The number of thiophene rings is 1. The second-order valence-corrected chi connectivity index (χ2v) is 6.28. The molecule has 0 aliphatic rings. The molecule has 0 saturated heterocycles. The summed E-state index contributed by atoms with van der Waals surface area (Å²) in [4.78, 5) is 3.48. The zero-order chi connectivity index (χ0) is 15.1. The Morgan fingerprint density at radius 3 is 2.86 bits per heavy atom. The fraction of sp³-hybridized carbons (Fsp3) is 0.412.